The molecule has 2 N–H and O–H groups in total. The standard InChI is InChI=1S/C10H20NO3P/c1-10(2,3)14-11-9-5-4-8(6-9)7-15(12)13/h6,9,11,15H,4-5,7H2,1-3H3,(H,12,13). The molecule has 0 saturated carbocycles. The molecule has 0 fully saturated rings. The summed E-state index contributed by atoms with van der Waals surface area (Å²) in [6, 6.07) is 0.181. The lowest BCUT2D eigenvalue weighted by atomic mass is 10.2. The van der Waals surface area contributed by atoms with Gasteiger partial charge in [-0.2, -0.15) is 5.48 Å². The third-order valence-electron chi connectivity index (χ3n) is 2.11. The third-order valence-corrected chi connectivity index (χ3v) is 2.86. The van der Waals surface area contributed by atoms with E-state index < -0.39 is 8.03 Å². The van der Waals surface area contributed by atoms with E-state index in [-0.39, 0.29) is 11.6 Å². The third kappa shape index (κ3) is 5.47. The van der Waals surface area contributed by atoms with E-state index in [9.17, 15) is 4.57 Å². The van der Waals surface area contributed by atoms with Crippen LogP contribution in [0.4, 0.5) is 0 Å². The van der Waals surface area contributed by atoms with Crippen LogP contribution >= 0.6 is 8.03 Å². The van der Waals surface area contributed by atoms with Gasteiger partial charge in [-0.1, -0.05) is 11.6 Å². The minimum absolute atomic E-state index is 0.181. The summed E-state index contributed by atoms with van der Waals surface area (Å²) in [5, 5.41) is 0. The fraction of sp³-hybridized carbons (Fsp3) is 0.800. The van der Waals surface area contributed by atoms with E-state index >= 15 is 0 Å². The van der Waals surface area contributed by atoms with Gasteiger partial charge in [-0.3, -0.25) is 9.40 Å². The van der Waals surface area contributed by atoms with Gasteiger partial charge in [0.2, 0.25) is 0 Å². The molecular weight excluding hydrogens is 213 g/mol. The summed E-state index contributed by atoms with van der Waals surface area (Å²) in [4.78, 5) is 14.3. The van der Waals surface area contributed by atoms with Crippen LogP contribution in [0.2, 0.25) is 0 Å². The van der Waals surface area contributed by atoms with Gasteiger partial charge in [-0.05, 0) is 33.6 Å². The SMILES string of the molecule is CC(C)(C)ONC1C=C(C[PH](=O)O)CC1. The molecule has 0 amide bonds. The first-order valence-electron chi connectivity index (χ1n) is 5.22. The monoisotopic (exact) mass is 233 g/mol. The average Bonchev–Trinajstić information content (AvgIpc) is 2.46. The van der Waals surface area contributed by atoms with Crippen LogP contribution in [0.1, 0.15) is 33.6 Å². The summed E-state index contributed by atoms with van der Waals surface area (Å²) in [6.07, 6.45) is 4.17. The molecule has 4 nitrogen and oxygen atoms in total. The molecule has 0 spiro atoms. The van der Waals surface area contributed by atoms with Crippen molar-refractivity contribution >= 4 is 8.03 Å². The maximum Gasteiger partial charge on any atom is 0.193 e. The lowest BCUT2D eigenvalue weighted by Gasteiger charge is -2.21. The number of hydrogen-bond acceptors (Lipinski definition) is 3. The Balaban J connectivity index is 2.34. The number of hydroxylamine groups is 1. The Kier molecular flexibility index (Phi) is 4.53. The molecule has 1 aliphatic carbocycles. The molecule has 1 rings (SSSR count). The van der Waals surface area contributed by atoms with E-state index in [4.69, 9.17) is 9.73 Å². The second kappa shape index (κ2) is 5.26. The molecule has 0 aromatic carbocycles. The van der Waals surface area contributed by atoms with Crippen molar-refractivity contribution in [1.82, 2.24) is 5.48 Å². The Morgan fingerprint density at radius 3 is 2.87 bits per heavy atom. The van der Waals surface area contributed by atoms with Crippen LogP contribution in [-0.4, -0.2) is 22.7 Å². The van der Waals surface area contributed by atoms with Crippen molar-refractivity contribution in [2.45, 2.75) is 45.3 Å². The topological polar surface area (TPSA) is 58.6 Å². The summed E-state index contributed by atoms with van der Waals surface area (Å²) in [5.74, 6) is 0. The largest absolute Gasteiger partial charge is 0.346 e. The van der Waals surface area contributed by atoms with E-state index in [2.05, 4.69) is 5.48 Å². The molecule has 5 heteroatoms. The van der Waals surface area contributed by atoms with Gasteiger partial charge >= 0.3 is 0 Å². The highest BCUT2D eigenvalue weighted by atomic mass is 31.1. The second-order valence-electron chi connectivity index (χ2n) is 4.87. The van der Waals surface area contributed by atoms with Crippen LogP contribution < -0.4 is 5.48 Å². The first-order chi connectivity index (χ1) is 6.87. The zero-order chi connectivity index (χ0) is 11.5. The normalized spacial score (nSPS) is 24.0. The van der Waals surface area contributed by atoms with Crippen molar-refractivity contribution in [3.8, 4) is 0 Å². The Morgan fingerprint density at radius 2 is 2.33 bits per heavy atom. The summed E-state index contributed by atoms with van der Waals surface area (Å²) in [5.41, 5.74) is 3.83. The highest BCUT2D eigenvalue weighted by Crippen LogP contribution is 2.26. The zero-order valence-corrected chi connectivity index (χ0v) is 10.5. The fourth-order valence-corrected chi connectivity index (χ4v) is 2.16. The summed E-state index contributed by atoms with van der Waals surface area (Å²) in [7, 11) is -2.37. The van der Waals surface area contributed by atoms with Crippen molar-refractivity contribution in [1.29, 1.82) is 0 Å². The smallest absolute Gasteiger partial charge is 0.193 e. The molecule has 0 aromatic rings. The zero-order valence-electron chi connectivity index (χ0n) is 9.54. The van der Waals surface area contributed by atoms with Crippen LogP contribution in [0.25, 0.3) is 0 Å². The van der Waals surface area contributed by atoms with E-state index in [1.54, 1.807) is 0 Å². The predicted molar refractivity (Wildman–Crippen MR) is 61.2 cm³/mol. The minimum Gasteiger partial charge on any atom is -0.346 e. The molecule has 0 radical (unpaired) electrons. The molecule has 0 bridgehead atoms. The van der Waals surface area contributed by atoms with Gasteiger partial charge in [0.25, 0.3) is 0 Å². The van der Waals surface area contributed by atoms with E-state index in [1.165, 1.54) is 0 Å². The molecule has 0 saturated heterocycles. The molecule has 0 aliphatic heterocycles. The molecule has 15 heavy (non-hydrogen) atoms. The van der Waals surface area contributed by atoms with Crippen molar-refractivity contribution in [2.24, 2.45) is 0 Å². The number of rotatable bonds is 4. The average molecular weight is 233 g/mol. The Bertz CT molecular complexity index is 270. The van der Waals surface area contributed by atoms with Crippen molar-refractivity contribution < 1.29 is 14.3 Å². The van der Waals surface area contributed by atoms with Crippen LogP contribution in [-0.2, 0) is 9.40 Å². The minimum atomic E-state index is -2.37. The van der Waals surface area contributed by atoms with Crippen LogP contribution in [0.15, 0.2) is 11.6 Å². The van der Waals surface area contributed by atoms with Gasteiger partial charge in [0, 0.05) is 6.16 Å². The van der Waals surface area contributed by atoms with Crippen molar-refractivity contribution in [2.75, 3.05) is 6.16 Å². The maximum absolute atomic E-state index is 10.7. The molecule has 0 aromatic heterocycles. The quantitative estimate of drug-likeness (QED) is 0.442. The number of hydrogen-bond donors (Lipinski definition) is 2. The van der Waals surface area contributed by atoms with Crippen LogP contribution in [0.5, 0.6) is 0 Å². The Hall–Kier alpha value is -0.150. The fourth-order valence-electron chi connectivity index (χ4n) is 1.48. The summed E-state index contributed by atoms with van der Waals surface area (Å²) >= 11 is 0. The highest BCUT2D eigenvalue weighted by Gasteiger charge is 2.19. The molecule has 2 unspecified atom stereocenters. The molecule has 88 valence electrons. The van der Waals surface area contributed by atoms with Crippen LogP contribution in [0.3, 0.4) is 0 Å². The van der Waals surface area contributed by atoms with Gasteiger partial charge in [-0.15, -0.1) is 0 Å². The summed E-state index contributed by atoms with van der Waals surface area (Å²) < 4.78 is 10.7. The van der Waals surface area contributed by atoms with Gasteiger partial charge < -0.3 is 4.89 Å². The van der Waals surface area contributed by atoms with Gasteiger partial charge in [0.05, 0.1) is 11.6 Å². The first kappa shape index (κ1) is 12.9. The molecule has 0 heterocycles. The molecular formula is C10H20NO3P. The van der Waals surface area contributed by atoms with Gasteiger partial charge in [0.15, 0.2) is 8.03 Å². The number of allylic oxidation sites excluding steroid dienone is 1. The van der Waals surface area contributed by atoms with E-state index in [0.717, 1.165) is 18.4 Å². The first-order valence-corrected chi connectivity index (χ1v) is 6.78. The lowest BCUT2D eigenvalue weighted by Crippen LogP contribution is -2.34. The molecule has 1 aliphatic rings. The van der Waals surface area contributed by atoms with E-state index in [1.807, 2.05) is 26.8 Å². The van der Waals surface area contributed by atoms with Gasteiger partial charge in [-0.25, -0.2) is 0 Å². The molecule has 2 atom stereocenters. The second-order valence-corrected chi connectivity index (χ2v) is 6.01. The van der Waals surface area contributed by atoms with E-state index in [0.29, 0.717) is 6.16 Å². The Morgan fingerprint density at radius 1 is 1.67 bits per heavy atom. The lowest BCUT2D eigenvalue weighted by molar-refractivity contribution is -0.0819. The maximum atomic E-state index is 10.7. The highest BCUT2D eigenvalue weighted by molar-refractivity contribution is 7.38. The number of nitrogens with one attached hydrogen (secondary N) is 1. The van der Waals surface area contributed by atoms with Gasteiger partial charge in [0.1, 0.15) is 0 Å². The summed E-state index contributed by atoms with van der Waals surface area (Å²) in [6.45, 7) is 5.93. The van der Waals surface area contributed by atoms with Crippen molar-refractivity contribution in [3.05, 3.63) is 11.6 Å². The van der Waals surface area contributed by atoms with Crippen LogP contribution in [0, 0.1) is 0 Å². The van der Waals surface area contributed by atoms with Crippen molar-refractivity contribution in [3.63, 3.8) is 0 Å². The predicted octanol–water partition coefficient (Wildman–Crippen LogP) is 1.86. The Labute approximate surface area is 91.5 Å².